The number of aromatic nitrogens is 2. The summed E-state index contributed by atoms with van der Waals surface area (Å²) in [6.45, 7) is 8.90. The van der Waals surface area contributed by atoms with Crippen LogP contribution < -0.4 is 5.56 Å². The molecule has 1 aromatic heterocycles. The highest BCUT2D eigenvalue weighted by Gasteiger charge is 2.43. The Labute approximate surface area is 172 Å². The summed E-state index contributed by atoms with van der Waals surface area (Å²) in [5, 5.41) is 0.833. The average Bonchev–Trinajstić information content (AvgIpc) is 2.69. The van der Waals surface area contributed by atoms with Gasteiger partial charge in [-0.3, -0.25) is 9.36 Å². The summed E-state index contributed by atoms with van der Waals surface area (Å²) in [5.41, 5.74) is 4.61. The van der Waals surface area contributed by atoms with E-state index in [0.717, 1.165) is 53.5 Å². The Balaban J connectivity index is 1.99. The molecule has 2 aliphatic rings. The van der Waals surface area contributed by atoms with Crippen molar-refractivity contribution in [2.75, 3.05) is 5.75 Å². The van der Waals surface area contributed by atoms with Gasteiger partial charge in [0.15, 0.2) is 5.16 Å². The van der Waals surface area contributed by atoms with Crippen LogP contribution in [0.25, 0.3) is 11.3 Å². The van der Waals surface area contributed by atoms with E-state index < -0.39 is 0 Å². The molecule has 2 aromatic rings. The minimum atomic E-state index is -0.0353. The smallest absolute Gasteiger partial charge is 0.258 e. The summed E-state index contributed by atoms with van der Waals surface area (Å²) in [6.07, 6.45) is 8.76. The molecule has 28 heavy (non-hydrogen) atoms. The summed E-state index contributed by atoms with van der Waals surface area (Å²) >= 11 is 1.62. The molecule has 1 saturated carbocycles. The van der Waals surface area contributed by atoms with Gasteiger partial charge >= 0.3 is 0 Å². The van der Waals surface area contributed by atoms with Crippen LogP contribution in [0.5, 0.6) is 0 Å². The lowest BCUT2D eigenvalue weighted by molar-refractivity contribution is 0.281. The number of rotatable bonds is 5. The van der Waals surface area contributed by atoms with Gasteiger partial charge in [0.1, 0.15) is 0 Å². The fourth-order valence-electron chi connectivity index (χ4n) is 4.99. The zero-order valence-corrected chi connectivity index (χ0v) is 17.9. The van der Waals surface area contributed by atoms with Gasteiger partial charge < -0.3 is 0 Å². The summed E-state index contributed by atoms with van der Waals surface area (Å²) in [6, 6.07) is 8.56. The molecule has 2 aliphatic carbocycles. The maximum Gasteiger partial charge on any atom is 0.258 e. The molecule has 0 N–H and O–H groups in total. The van der Waals surface area contributed by atoms with Gasteiger partial charge in [0.2, 0.25) is 0 Å². The van der Waals surface area contributed by atoms with E-state index in [4.69, 9.17) is 4.98 Å². The van der Waals surface area contributed by atoms with E-state index in [1.165, 1.54) is 24.8 Å². The molecular weight excluding hydrogens is 364 g/mol. The van der Waals surface area contributed by atoms with Crippen molar-refractivity contribution < 1.29 is 0 Å². The first-order valence-electron chi connectivity index (χ1n) is 10.5. The molecule has 0 radical (unpaired) electrons. The molecule has 3 nitrogen and oxygen atoms in total. The largest absolute Gasteiger partial charge is 0.287 e. The minimum absolute atomic E-state index is 0.0353. The van der Waals surface area contributed by atoms with Crippen LogP contribution in [0.15, 0.2) is 46.9 Å². The van der Waals surface area contributed by atoms with Crippen LogP contribution in [0.3, 0.4) is 0 Å². The van der Waals surface area contributed by atoms with Gasteiger partial charge in [-0.05, 0) is 30.7 Å². The zero-order chi connectivity index (χ0) is 19.7. The number of benzene rings is 1. The predicted octanol–water partition coefficient (Wildman–Crippen LogP) is 5.60. The molecule has 0 unspecified atom stereocenters. The van der Waals surface area contributed by atoms with Gasteiger partial charge in [-0.25, -0.2) is 4.98 Å². The molecule has 1 spiro atoms. The highest BCUT2D eigenvalue weighted by atomic mass is 32.2. The lowest BCUT2D eigenvalue weighted by Gasteiger charge is -2.42. The molecule has 1 fully saturated rings. The maximum absolute atomic E-state index is 13.9. The van der Waals surface area contributed by atoms with Crippen molar-refractivity contribution in [2.45, 2.75) is 69.5 Å². The summed E-state index contributed by atoms with van der Waals surface area (Å²) < 4.78 is 1.95. The Morgan fingerprint density at radius 1 is 1.25 bits per heavy atom. The van der Waals surface area contributed by atoms with E-state index in [2.05, 4.69) is 44.7 Å². The second kappa shape index (κ2) is 7.90. The van der Waals surface area contributed by atoms with Crippen molar-refractivity contribution in [3.8, 4) is 11.3 Å². The van der Waals surface area contributed by atoms with Crippen LogP contribution >= 0.6 is 11.8 Å². The SMILES string of the molecule is C=CCSc1nc2c(c(=O)n1CC(C)C)C1(CCCCC1)Cc1ccccc1-2. The molecule has 0 aliphatic heterocycles. The van der Waals surface area contributed by atoms with Crippen LogP contribution in [0, 0.1) is 5.92 Å². The summed E-state index contributed by atoms with van der Waals surface area (Å²) in [5.74, 6) is 1.16. The van der Waals surface area contributed by atoms with Crippen molar-refractivity contribution in [2.24, 2.45) is 5.92 Å². The molecule has 0 atom stereocenters. The highest BCUT2D eigenvalue weighted by molar-refractivity contribution is 7.99. The van der Waals surface area contributed by atoms with Crippen LogP contribution in [0.4, 0.5) is 0 Å². The van der Waals surface area contributed by atoms with Crippen LogP contribution in [-0.4, -0.2) is 15.3 Å². The maximum atomic E-state index is 13.9. The highest BCUT2D eigenvalue weighted by Crippen LogP contribution is 2.48. The third kappa shape index (κ3) is 3.36. The molecule has 0 amide bonds. The monoisotopic (exact) mass is 394 g/mol. The van der Waals surface area contributed by atoms with E-state index in [1.807, 2.05) is 10.6 Å². The van der Waals surface area contributed by atoms with Crippen molar-refractivity contribution in [1.29, 1.82) is 0 Å². The first kappa shape index (κ1) is 19.5. The average molecular weight is 395 g/mol. The second-order valence-electron chi connectivity index (χ2n) is 8.70. The van der Waals surface area contributed by atoms with Crippen LogP contribution in [0.1, 0.15) is 57.1 Å². The van der Waals surface area contributed by atoms with E-state index >= 15 is 0 Å². The third-order valence-electron chi connectivity index (χ3n) is 6.15. The molecule has 1 aromatic carbocycles. The Kier molecular flexibility index (Phi) is 5.50. The second-order valence-corrected chi connectivity index (χ2v) is 9.69. The van der Waals surface area contributed by atoms with Gasteiger partial charge in [0, 0.05) is 23.3 Å². The van der Waals surface area contributed by atoms with E-state index in [-0.39, 0.29) is 11.0 Å². The van der Waals surface area contributed by atoms with Crippen LogP contribution in [0.2, 0.25) is 0 Å². The zero-order valence-electron chi connectivity index (χ0n) is 17.0. The quantitative estimate of drug-likeness (QED) is 0.376. The fourth-order valence-corrected chi connectivity index (χ4v) is 5.73. The Morgan fingerprint density at radius 2 is 2.00 bits per heavy atom. The van der Waals surface area contributed by atoms with Crippen molar-refractivity contribution in [3.05, 3.63) is 58.4 Å². The Hall–Kier alpha value is -1.81. The molecule has 4 heteroatoms. The number of nitrogens with zero attached hydrogens (tertiary/aromatic N) is 2. The summed E-state index contributed by atoms with van der Waals surface area (Å²) in [4.78, 5) is 19.0. The molecule has 148 valence electrons. The van der Waals surface area contributed by atoms with Gasteiger partial charge in [-0.1, -0.05) is 75.2 Å². The predicted molar refractivity (Wildman–Crippen MR) is 118 cm³/mol. The number of thioether (sulfide) groups is 1. The topological polar surface area (TPSA) is 34.9 Å². The van der Waals surface area contributed by atoms with Crippen molar-refractivity contribution >= 4 is 11.8 Å². The van der Waals surface area contributed by atoms with E-state index in [9.17, 15) is 4.79 Å². The molecule has 0 bridgehead atoms. The fraction of sp³-hybridized carbons (Fsp3) is 0.500. The summed E-state index contributed by atoms with van der Waals surface area (Å²) in [7, 11) is 0. The lowest BCUT2D eigenvalue weighted by atomic mass is 9.62. The number of hydrogen-bond donors (Lipinski definition) is 0. The van der Waals surface area contributed by atoms with Crippen molar-refractivity contribution in [3.63, 3.8) is 0 Å². The first-order chi connectivity index (χ1) is 13.6. The Bertz CT molecular complexity index is 938. The lowest BCUT2D eigenvalue weighted by Crippen LogP contribution is -2.43. The number of fused-ring (bicyclic) bond motifs is 4. The van der Waals surface area contributed by atoms with Gasteiger partial charge in [0.25, 0.3) is 5.56 Å². The normalized spacial score (nSPS) is 17.4. The molecular formula is C24H30N2OS. The standard InChI is InChI=1S/C24H30N2OS/c1-4-14-28-23-25-21-19-11-7-6-10-18(19)15-24(12-8-5-9-13-24)20(21)22(27)26(23)16-17(2)3/h4,6-7,10-11,17H,1,5,8-9,12-16H2,2-3H3. The minimum Gasteiger partial charge on any atom is -0.287 e. The van der Waals surface area contributed by atoms with Gasteiger partial charge in [-0.2, -0.15) is 0 Å². The molecule has 0 saturated heterocycles. The molecule has 1 heterocycles. The van der Waals surface area contributed by atoms with E-state index in [0.29, 0.717) is 5.92 Å². The van der Waals surface area contributed by atoms with Gasteiger partial charge in [0.05, 0.1) is 11.3 Å². The Morgan fingerprint density at radius 3 is 2.71 bits per heavy atom. The first-order valence-corrected chi connectivity index (χ1v) is 11.5. The van der Waals surface area contributed by atoms with Crippen molar-refractivity contribution in [1.82, 2.24) is 9.55 Å². The van der Waals surface area contributed by atoms with Gasteiger partial charge in [-0.15, -0.1) is 6.58 Å². The molecule has 4 rings (SSSR count). The van der Waals surface area contributed by atoms with E-state index in [1.54, 1.807) is 11.8 Å². The van der Waals surface area contributed by atoms with Crippen LogP contribution in [-0.2, 0) is 18.4 Å². The number of hydrogen-bond acceptors (Lipinski definition) is 3. The third-order valence-corrected chi connectivity index (χ3v) is 7.13.